The van der Waals surface area contributed by atoms with Gasteiger partial charge in [-0.2, -0.15) is 0 Å². The minimum atomic E-state index is 0.142. The van der Waals surface area contributed by atoms with E-state index in [1.54, 1.807) is 0 Å². The molecule has 2 nitrogen and oxygen atoms in total. The van der Waals surface area contributed by atoms with Crippen LogP contribution in [0.2, 0.25) is 5.02 Å². The van der Waals surface area contributed by atoms with Gasteiger partial charge >= 0.3 is 0 Å². The standard InChI is InChI=1S/C28H39ClO2/c1-18-11-14-28(17-31-3)20(15-18)7-8-22-23-9-10-25(27(23,2)13-12-24(22)28)26(30)19-5-4-6-21(29)16-19/h4-6,16,18,20,22-25H,7-15,17H2,1-3H3. The zero-order chi connectivity index (χ0) is 21.8. The highest BCUT2D eigenvalue weighted by Gasteiger charge is 2.62. The number of fused-ring (bicyclic) bond motifs is 5. The number of Topliss-reactive ketones (excluding diaryl/α,β-unsaturated/α-hetero) is 1. The Morgan fingerprint density at radius 2 is 1.94 bits per heavy atom. The van der Waals surface area contributed by atoms with Gasteiger partial charge in [0, 0.05) is 23.6 Å². The Kier molecular flexibility index (Phi) is 5.79. The third kappa shape index (κ3) is 3.43. The van der Waals surface area contributed by atoms with E-state index in [0.29, 0.717) is 22.1 Å². The third-order valence-electron chi connectivity index (χ3n) is 10.5. The molecule has 31 heavy (non-hydrogen) atoms. The van der Waals surface area contributed by atoms with Gasteiger partial charge in [0.25, 0.3) is 0 Å². The zero-order valence-electron chi connectivity index (χ0n) is 19.5. The second-order valence-electron chi connectivity index (χ2n) is 11.7. The van der Waals surface area contributed by atoms with E-state index < -0.39 is 0 Å². The smallest absolute Gasteiger partial charge is 0.166 e. The van der Waals surface area contributed by atoms with Crippen molar-refractivity contribution in [2.24, 2.45) is 46.3 Å². The predicted molar refractivity (Wildman–Crippen MR) is 126 cm³/mol. The Morgan fingerprint density at radius 1 is 1.10 bits per heavy atom. The molecule has 1 aromatic carbocycles. The Labute approximate surface area is 193 Å². The van der Waals surface area contributed by atoms with Crippen LogP contribution in [0.25, 0.3) is 0 Å². The fourth-order valence-electron chi connectivity index (χ4n) is 9.09. The predicted octanol–water partition coefficient (Wildman–Crippen LogP) is 7.44. The lowest BCUT2D eigenvalue weighted by molar-refractivity contribution is -0.148. The molecule has 4 saturated carbocycles. The van der Waals surface area contributed by atoms with Crippen LogP contribution in [-0.2, 0) is 4.74 Å². The van der Waals surface area contributed by atoms with E-state index >= 15 is 0 Å². The van der Waals surface area contributed by atoms with Gasteiger partial charge in [-0.05, 0) is 104 Å². The summed E-state index contributed by atoms with van der Waals surface area (Å²) in [5.41, 5.74) is 1.34. The van der Waals surface area contributed by atoms with Gasteiger partial charge in [-0.3, -0.25) is 4.79 Å². The van der Waals surface area contributed by atoms with Gasteiger partial charge in [0.05, 0.1) is 6.61 Å². The summed E-state index contributed by atoms with van der Waals surface area (Å²) in [5.74, 6) is 4.44. The Hall–Kier alpha value is -0.860. The van der Waals surface area contributed by atoms with E-state index in [4.69, 9.17) is 16.3 Å². The number of methoxy groups -OCH3 is 1. The second-order valence-corrected chi connectivity index (χ2v) is 12.2. The lowest BCUT2D eigenvalue weighted by Crippen LogP contribution is -2.56. The van der Waals surface area contributed by atoms with Crippen LogP contribution in [0.1, 0.15) is 82.0 Å². The molecule has 0 heterocycles. The molecule has 0 amide bonds. The van der Waals surface area contributed by atoms with Gasteiger partial charge in [-0.1, -0.05) is 44.0 Å². The minimum absolute atomic E-state index is 0.142. The quantitative estimate of drug-likeness (QED) is 0.452. The summed E-state index contributed by atoms with van der Waals surface area (Å²) in [6, 6.07) is 7.61. The van der Waals surface area contributed by atoms with E-state index in [1.807, 2.05) is 31.4 Å². The minimum Gasteiger partial charge on any atom is -0.384 e. The van der Waals surface area contributed by atoms with Gasteiger partial charge < -0.3 is 4.74 Å². The average molecular weight is 443 g/mol. The van der Waals surface area contributed by atoms with E-state index in [-0.39, 0.29) is 11.3 Å². The van der Waals surface area contributed by atoms with Crippen LogP contribution in [0, 0.1) is 46.3 Å². The van der Waals surface area contributed by atoms with Crippen molar-refractivity contribution < 1.29 is 9.53 Å². The number of halogens is 1. The van der Waals surface area contributed by atoms with Crippen molar-refractivity contribution >= 4 is 17.4 Å². The fourth-order valence-corrected chi connectivity index (χ4v) is 9.28. The molecule has 1 aromatic rings. The van der Waals surface area contributed by atoms with Crippen LogP contribution >= 0.6 is 11.6 Å². The lowest BCUT2D eigenvalue weighted by Gasteiger charge is -2.61. The zero-order valence-corrected chi connectivity index (χ0v) is 20.3. The highest BCUT2D eigenvalue weighted by Crippen LogP contribution is 2.68. The molecule has 170 valence electrons. The van der Waals surface area contributed by atoms with Gasteiger partial charge in [0.1, 0.15) is 0 Å². The second kappa shape index (κ2) is 8.17. The van der Waals surface area contributed by atoms with Crippen molar-refractivity contribution in [2.75, 3.05) is 13.7 Å². The first-order valence-electron chi connectivity index (χ1n) is 12.7. The summed E-state index contributed by atoms with van der Waals surface area (Å²) in [6.07, 6.45) is 11.6. The number of hydrogen-bond acceptors (Lipinski definition) is 2. The Bertz CT molecular complexity index is 836. The molecular formula is C28H39ClO2. The van der Waals surface area contributed by atoms with Crippen molar-refractivity contribution in [1.29, 1.82) is 0 Å². The Morgan fingerprint density at radius 3 is 2.71 bits per heavy atom. The van der Waals surface area contributed by atoms with Crippen molar-refractivity contribution in [1.82, 2.24) is 0 Å². The van der Waals surface area contributed by atoms with Crippen molar-refractivity contribution in [2.45, 2.75) is 71.6 Å². The van der Waals surface area contributed by atoms with Gasteiger partial charge in [-0.25, -0.2) is 0 Å². The topological polar surface area (TPSA) is 26.3 Å². The van der Waals surface area contributed by atoms with Gasteiger partial charge in [-0.15, -0.1) is 0 Å². The average Bonchev–Trinajstić information content (AvgIpc) is 3.11. The molecule has 0 saturated heterocycles. The molecular weight excluding hydrogens is 404 g/mol. The number of carbonyl (C=O) groups is 1. The molecule has 0 radical (unpaired) electrons. The molecule has 0 spiro atoms. The maximum Gasteiger partial charge on any atom is 0.166 e. The number of ketones is 1. The number of hydrogen-bond donors (Lipinski definition) is 0. The van der Waals surface area contributed by atoms with Crippen LogP contribution in [0.4, 0.5) is 0 Å². The van der Waals surface area contributed by atoms with Crippen LogP contribution in [0.15, 0.2) is 24.3 Å². The maximum atomic E-state index is 13.6. The van der Waals surface area contributed by atoms with Crippen LogP contribution < -0.4 is 0 Å². The molecule has 8 atom stereocenters. The molecule has 4 aliphatic rings. The summed E-state index contributed by atoms with van der Waals surface area (Å²) in [5, 5.41) is 0.667. The van der Waals surface area contributed by atoms with Crippen LogP contribution in [0.5, 0.6) is 0 Å². The van der Waals surface area contributed by atoms with Gasteiger partial charge in [0.2, 0.25) is 0 Å². The molecule has 4 aliphatic carbocycles. The van der Waals surface area contributed by atoms with Crippen molar-refractivity contribution in [3.05, 3.63) is 34.9 Å². The normalized spacial score (nSPS) is 44.3. The summed E-state index contributed by atoms with van der Waals surface area (Å²) in [7, 11) is 1.91. The van der Waals surface area contributed by atoms with Crippen LogP contribution in [0.3, 0.4) is 0 Å². The summed E-state index contributed by atoms with van der Waals surface area (Å²) in [6.45, 7) is 5.84. The first-order valence-corrected chi connectivity index (χ1v) is 13.1. The Balaban J connectivity index is 1.42. The van der Waals surface area contributed by atoms with Crippen LogP contribution in [-0.4, -0.2) is 19.5 Å². The lowest BCUT2D eigenvalue weighted by atomic mass is 9.43. The molecule has 8 unspecified atom stereocenters. The molecule has 4 fully saturated rings. The third-order valence-corrected chi connectivity index (χ3v) is 10.7. The molecule has 0 aliphatic heterocycles. The van der Waals surface area contributed by atoms with E-state index in [2.05, 4.69) is 13.8 Å². The van der Waals surface area contributed by atoms with Crippen molar-refractivity contribution in [3.8, 4) is 0 Å². The SMILES string of the molecule is COCC12CCC(C)CC1CCC1C3CCC(C(=O)c4cccc(Cl)c4)C3(C)CCC12. The number of rotatable bonds is 4. The first-order chi connectivity index (χ1) is 14.9. The molecule has 0 aromatic heterocycles. The molecule has 5 rings (SSSR count). The number of ether oxygens (including phenoxy) is 1. The molecule has 0 bridgehead atoms. The van der Waals surface area contributed by atoms with E-state index in [9.17, 15) is 4.79 Å². The van der Waals surface area contributed by atoms with E-state index in [0.717, 1.165) is 42.3 Å². The highest BCUT2D eigenvalue weighted by molar-refractivity contribution is 6.31. The summed E-state index contributed by atoms with van der Waals surface area (Å²) >= 11 is 6.21. The maximum absolute atomic E-state index is 13.6. The fraction of sp³-hybridized carbons (Fsp3) is 0.750. The first kappa shape index (κ1) is 22.0. The summed E-state index contributed by atoms with van der Waals surface area (Å²) < 4.78 is 5.92. The monoisotopic (exact) mass is 442 g/mol. The van der Waals surface area contributed by atoms with Crippen molar-refractivity contribution in [3.63, 3.8) is 0 Å². The number of carbonyl (C=O) groups excluding carboxylic acids is 1. The summed E-state index contributed by atoms with van der Waals surface area (Å²) in [4.78, 5) is 13.6. The molecule has 3 heteroatoms. The highest BCUT2D eigenvalue weighted by atomic mass is 35.5. The number of benzene rings is 1. The molecule has 0 N–H and O–H groups in total. The largest absolute Gasteiger partial charge is 0.384 e. The van der Waals surface area contributed by atoms with E-state index in [1.165, 1.54) is 51.4 Å². The van der Waals surface area contributed by atoms with Gasteiger partial charge in [0.15, 0.2) is 5.78 Å².